The highest BCUT2D eigenvalue weighted by molar-refractivity contribution is 9.09. The smallest absolute Gasteiger partial charge is 0.168 e. The van der Waals surface area contributed by atoms with Crippen LogP contribution in [-0.2, 0) is 9.47 Å². The van der Waals surface area contributed by atoms with Crippen molar-refractivity contribution in [3.05, 3.63) is 0 Å². The van der Waals surface area contributed by atoms with E-state index in [1.54, 1.807) is 0 Å². The van der Waals surface area contributed by atoms with Crippen LogP contribution >= 0.6 is 15.9 Å². The first-order chi connectivity index (χ1) is 6.35. The normalized spacial score (nSPS) is 28.4. The number of alkyl halides is 1. The number of hydrogen-bond acceptors (Lipinski definition) is 2. The van der Waals surface area contributed by atoms with E-state index in [4.69, 9.17) is 9.47 Å². The molecule has 1 heterocycles. The zero-order chi connectivity index (χ0) is 9.15. The van der Waals surface area contributed by atoms with Gasteiger partial charge in [0.1, 0.15) is 0 Å². The van der Waals surface area contributed by atoms with Crippen molar-refractivity contribution in [3.8, 4) is 0 Å². The topological polar surface area (TPSA) is 18.5 Å². The lowest BCUT2D eigenvalue weighted by molar-refractivity contribution is -0.182. The van der Waals surface area contributed by atoms with E-state index in [2.05, 4.69) is 15.9 Å². The third kappa shape index (κ3) is 2.25. The van der Waals surface area contributed by atoms with Gasteiger partial charge in [0.2, 0.25) is 0 Å². The van der Waals surface area contributed by atoms with Gasteiger partial charge in [-0.2, -0.15) is 0 Å². The van der Waals surface area contributed by atoms with E-state index in [1.807, 2.05) is 0 Å². The molecule has 1 aliphatic heterocycles. The van der Waals surface area contributed by atoms with Crippen LogP contribution in [0, 0.1) is 5.92 Å². The summed E-state index contributed by atoms with van der Waals surface area (Å²) in [6.45, 7) is 1.59. The predicted molar refractivity (Wildman–Crippen MR) is 55.0 cm³/mol. The standard InChI is InChI=1S/C10H17BrO2/c11-6-3-9-1-4-10(5-2-9)12-7-8-13-10/h9H,1-8H2. The Labute approximate surface area is 88.1 Å². The summed E-state index contributed by atoms with van der Waals surface area (Å²) in [6.07, 6.45) is 6.04. The van der Waals surface area contributed by atoms with E-state index >= 15 is 0 Å². The molecule has 13 heavy (non-hydrogen) atoms. The van der Waals surface area contributed by atoms with Crippen LogP contribution in [0.5, 0.6) is 0 Å². The molecular weight excluding hydrogens is 232 g/mol. The highest BCUT2D eigenvalue weighted by atomic mass is 79.9. The third-order valence-corrected chi connectivity index (χ3v) is 3.66. The molecule has 0 aromatic heterocycles. The summed E-state index contributed by atoms with van der Waals surface area (Å²) in [5, 5.41) is 1.13. The van der Waals surface area contributed by atoms with Gasteiger partial charge in [-0.25, -0.2) is 0 Å². The molecule has 0 bridgehead atoms. The van der Waals surface area contributed by atoms with Crippen LogP contribution in [0.1, 0.15) is 32.1 Å². The molecule has 0 radical (unpaired) electrons. The van der Waals surface area contributed by atoms with Crippen LogP contribution in [0.2, 0.25) is 0 Å². The predicted octanol–water partition coefficient (Wildman–Crippen LogP) is 2.70. The van der Waals surface area contributed by atoms with Crippen molar-refractivity contribution in [2.45, 2.75) is 37.9 Å². The third-order valence-electron chi connectivity index (χ3n) is 3.20. The highest BCUT2D eigenvalue weighted by Crippen LogP contribution is 2.39. The van der Waals surface area contributed by atoms with Gasteiger partial charge >= 0.3 is 0 Å². The second-order valence-corrected chi connectivity index (χ2v) is 4.82. The molecule has 0 unspecified atom stereocenters. The van der Waals surface area contributed by atoms with Crippen LogP contribution in [0.25, 0.3) is 0 Å². The molecule has 76 valence electrons. The Kier molecular flexibility index (Phi) is 3.27. The molecule has 0 N–H and O–H groups in total. The summed E-state index contributed by atoms with van der Waals surface area (Å²) in [7, 11) is 0. The van der Waals surface area contributed by atoms with Crippen molar-refractivity contribution in [1.29, 1.82) is 0 Å². The van der Waals surface area contributed by atoms with Crippen molar-refractivity contribution in [3.63, 3.8) is 0 Å². The van der Waals surface area contributed by atoms with Crippen molar-refractivity contribution >= 4 is 15.9 Å². The van der Waals surface area contributed by atoms with Gasteiger partial charge in [0.25, 0.3) is 0 Å². The molecule has 1 saturated carbocycles. The number of rotatable bonds is 2. The minimum absolute atomic E-state index is 0.164. The Balaban J connectivity index is 1.81. The summed E-state index contributed by atoms with van der Waals surface area (Å²) >= 11 is 3.50. The maximum atomic E-state index is 5.67. The summed E-state index contributed by atoms with van der Waals surface area (Å²) < 4.78 is 11.3. The number of ether oxygens (including phenoxy) is 2. The van der Waals surface area contributed by atoms with Gasteiger partial charge in [-0.15, -0.1) is 0 Å². The highest BCUT2D eigenvalue weighted by Gasteiger charge is 2.39. The lowest BCUT2D eigenvalue weighted by Crippen LogP contribution is -2.35. The maximum Gasteiger partial charge on any atom is 0.168 e. The molecule has 1 aliphatic carbocycles. The molecule has 3 heteroatoms. The second kappa shape index (κ2) is 4.28. The average molecular weight is 249 g/mol. The van der Waals surface area contributed by atoms with Gasteiger partial charge in [-0.05, 0) is 25.2 Å². The number of hydrogen-bond donors (Lipinski definition) is 0. The van der Waals surface area contributed by atoms with E-state index in [1.165, 1.54) is 19.3 Å². The van der Waals surface area contributed by atoms with E-state index in [9.17, 15) is 0 Å². The zero-order valence-corrected chi connectivity index (χ0v) is 9.51. The van der Waals surface area contributed by atoms with Gasteiger partial charge in [-0.1, -0.05) is 15.9 Å². The van der Waals surface area contributed by atoms with E-state index in [0.717, 1.165) is 37.3 Å². The summed E-state index contributed by atoms with van der Waals surface area (Å²) in [5.74, 6) is 0.723. The van der Waals surface area contributed by atoms with Gasteiger partial charge in [-0.3, -0.25) is 0 Å². The first-order valence-corrected chi connectivity index (χ1v) is 6.31. The second-order valence-electron chi connectivity index (χ2n) is 4.03. The molecular formula is C10H17BrO2. The van der Waals surface area contributed by atoms with Crippen LogP contribution in [-0.4, -0.2) is 24.3 Å². The van der Waals surface area contributed by atoms with Crippen molar-refractivity contribution < 1.29 is 9.47 Å². The summed E-state index contributed by atoms with van der Waals surface area (Å²) in [5.41, 5.74) is 0. The van der Waals surface area contributed by atoms with Crippen molar-refractivity contribution in [1.82, 2.24) is 0 Å². The SMILES string of the molecule is BrCCC1CCC2(CC1)OCCO2. The monoisotopic (exact) mass is 248 g/mol. The number of halogens is 1. The van der Waals surface area contributed by atoms with E-state index in [0.29, 0.717) is 0 Å². The molecule has 2 rings (SSSR count). The zero-order valence-electron chi connectivity index (χ0n) is 7.93. The first kappa shape index (κ1) is 9.94. The summed E-state index contributed by atoms with van der Waals surface area (Å²) in [6, 6.07) is 0. The molecule has 2 fully saturated rings. The Hall–Kier alpha value is 0.400. The molecule has 1 spiro atoms. The minimum atomic E-state index is -0.164. The lowest BCUT2D eigenvalue weighted by Gasteiger charge is -2.35. The fourth-order valence-corrected chi connectivity index (χ4v) is 2.99. The Bertz CT molecular complexity index is 156. The van der Waals surface area contributed by atoms with Gasteiger partial charge < -0.3 is 9.47 Å². The fraction of sp³-hybridized carbons (Fsp3) is 1.00. The van der Waals surface area contributed by atoms with Gasteiger partial charge in [0.05, 0.1) is 13.2 Å². The largest absolute Gasteiger partial charge is 0.348 e. The Morgan fingerprint density at radius 3 is 2.31 bits per heavy atom. The molecule has 0 atom stereocenters. The molecule has 1 saturated heterocycles. The van der Waals surface area contributed by atoms with Crippen LogP contribution in [0.15, 0.2) is 0 Å². The Morgan fingerprint density at radius 1 is 1.15 bits per heavy atom. The quantitative estimate of drug-likeness (QED) is 0.700. The van der Waals surface area contributed by atoms with E-state index in [-0.39, 0.29) is 5.79 Å². The first-order valence-electron chi connectivity index (χ1n) is 5.18. The maximum absolute atomic E-state index is 5.67. The summed E-state index contributed by atoms with van der Waals surface area (Å²) in [4.78, 5) is 0. The minimum Gasteiger partial charge on any atom is -0.348 e. The Morgan fingerprint density at radius 2 is 1.77 bits per heavy atom. The molecule has 0 aromatic carbocycles. The fourth-order valence-electron chi connectivity index (χ4n) is 2.35. The molecule has 2 aliphatic rings. The van der Waals surface area contributed by atoms with Gasteiger partial charge in [0, 0.05) is 18.2 Å². The average Bonchev–Trinajstić information content (AvgIpc) is 2.59. The van der Waals surface area contributed by atoms with Crippen LogP contribution in [0.4, 0.5) is 0 Å². The molecule has 0 amide bonds. The van der Waals surface area contributed by atoms with Gasteiger partial charge in [0.15, 0.2) is 5.79 Å². The van der Waals surface area contributed by atoms with Crippen LogP contribution in [0.3, 0.4) is 0 Å². The van der Waals surface area contributed by atoms with Crippen LogP contribution < -0.4 is 0 Å². The lowest BCUT2D eigenvalue weighted by atomic mass is 9.84. The molecule has 0 aromatic rings. The van der Waals surface area contributed by atoms with Crippen molar-refractivity contribution in [2.24, 2.45) is 5.92 Å². The van der Waals surface area contributed by atoms with E-state index < -0.39 is 0 Å². The van der Waals surface area contributed by atoms with Crippen molar-refractivity contribution in [2.75, 3.05) is 18.5 Å². The molecule has 2 nitrogen and oxygen atoms in total.